The van der Waals surface area contributed by atoms with E-state index in [0.717, 1.165) is 63.4 Å². The van der Waals surface area contributed by atoms with Crippen LogP contribution in [0.2, 0.25) is 0 Å². The van der Waals surface area contributed by atoms with Gasteiger partial charge in [0.2, 0.25) is 0 Å². The van der Waals surface area contributed by atoms with E-state index in [9.17, 15) is 14.7 Å². The highest BCUT2D eigenvalue weighted by atomic mass is 16.4. The maximum atomic E-state index is 12.3. The minimum Gasteiger partial charge on any atom is -0.431 e. The van der Waals surface area contributed by atoms with Crippen LogP contribution in [0, 0.1) is 28.6 Å². The number of rotatable bonds is 4. The van der Waals surface area contributed by atoms with Gasteiger partial charge in [-0.2, -0.15) is 0 Å². The molecule has 5 N–H and O–H groups in total. The number of fused-ring (bicyclic) bond motifs is 5. The first-order chi connectivity index (χ1) is 16.2. The molecule has 4 aliphatic carbocycles. The molecule has 34 heavy (non-hydrogen) atoms. The van der Waals surface area contributed by atoms with Crippen molar-refractivity contribution in [3.05, 3.63) is 34.4 Å². The van der Waals surface area contributed by atoms with E-state index >= 15 is 0 Å². The van der Waals surface area contributed by atoms with Gasteiger partial charge in [0.25, 0.3) is 0 Å². The van der Waals surface area contributed by atoms with Gasteiger partial charge < -0.3 is 25.9 Å². The van der Waals surface area contributed by atoms with Crippen molar-refractivity contribution < 1.29 is 14.3 Å². The Hall–Kier alpha value is -1.86. The fourth-order valence-electron chi connectivity index (χ4n) is 8.88. The Morgan fingerprint density at radius 1 is 1.12 bits per heavy atom. The first-order valence-electron chi connectivity index (χ1n) is 13.3. The molecule has 0 aliphatic heterocycles. The summed E-state index contributed by atoms with van der Waals surface area (Å²) in [7, 11) is 0. The molecule has 0 radical (unpaired) electrons. The fourth-order valence-corrected chi connectivity index (χ4v) is 8.88. The number of amides is 2. The van der Waals surface area contributed by atoms with Gasteiger partial charge in [0.1, 0.15) is 0 Å². The normalized spacial score (nSPS) is 43.4. The van der Waals surface area contributed by atoms with Crippen molar-refractivity contribution in [2.75, 3.05) is 13.1 Å². The number of nitrogens with one attached hydrogen (secondary N) is 2. The Labute approximate surface area is 202 Å². The molecule has 0 aromatic carbocycles. The molecule has 0 saturated heterocycles. The second-order valence-electron chi connectivity index (χ2n) is 12.0. The molecular formula is C27H41N3O4. The molecule has 0 unspecified atom stereocenters. The van der Waals surface area contributed by atoms with Crippen molar-refractivity contribution in [3.8, 4) is 0 Å². The molecule has 188 valence electrons. The van der Waals surface area contributed by atoms with Gasteiger partial charge in [-0.3, -0.25) is 0 Å². The largest absolute Gasteiger partial charge is 0.431 e. The second-order valence-corrected chi connectivity index (χ2v) is 12.0. The number of hydrogen-bond acceptors (Lipinski definition) is 5. The van der Waals surface area contributed by atoms with Crippen molar-refractivity contribution in [2.24, 2.45) is 34.3 Å². The van der Waals surface area contributed by atoms with Crippen molar-refractivity contribution in [1.82, 2.24) is 10.6 Å². The SMILES string of the molecule is C[C@]12CC[C@H](NC(=O)NCCN)C[C@@H]1CC[C@@H]1[C@@H]2CC[C@]2(C)[C@@H](c3ccc(=O)oc3)CC[C@]12O. The van der Waals surface area contributed by atoms with Crippen LogP contribution in [0.4, 0.5) is 4.79 Å². The van der Waals surface area contributed by atoms with Gasteiger partial charge in [-0.1, -0.05) is 13.8 Å². The van der Waals surface area contributed by atoms with Crippen LogP contribution in [0.5, 0.6) is 0 Å². The number of carbonyl (C=O) groups excluding carboxylic acids is 1. The van der Waals surface area contributed by atoms with Crippen molar-refractivity contribution >= 4 is 6.03 Å². The number of urea groups is 1. The minimum atomic E-state index is -0.679. The number of carbonyl (C=O) groups is 1. The van der Waals surface area contributed by atoms with Crippen LogP contribution in [-0.2, 0) is 0 Å². The third-order valence-electron chi connectivity index (χ3n) is 10.7. The summed E-state index contributed by atoms with van der Waals surface area (Å²) in [6, 6.07) is 3.52. The van der Waals surface area contributed by atoms with Crippen LogP contribution in [-0.4, -0.2) is 35.9 Å². The van der Waals surface area contributed by atoms with Gasteiger partial charge >= 0.3 is 11.7 Å². The minimum absolute atomic E-state index is 0.107. The van der Waals surface area contributed by atoms with Crippen LogP contribution < -0.4 is 22.0 Å². The average Bonchev–Trinajstić information content (AvgIpc) is 3.10. The van der Waals surface area contributed by atoms with Crippen molar-refractivity contribution in [3.63, 3.8) is 0 Å². The summed E-state index contributed by atoms with van der Waals surface area (Å²) in [5.74, 6) is 1.63. The summed E-state index contributed by atoms with van der Waals surface area (Å²) < 4.78 is 5.20. The van der Waals surface area contributed by atoms with E-state index in [2.05, 4.69) is 24.5 Å². The van der Waals surface area contributed by atoms with E-state index in [-0.39, 0.29) is 34.4 Å². The quantitative estimate of drug-likeness (QED) is 0.536. The third-order valence-corrected chi connectivity index (χ3v) is 10.7. The molecule has 8 atom stereocenters. The van der Waals surface area contributed by atoms with Gasteiger partial charge in [0.15, 0.2) is 0 Å². The zero-order chi connectivity index (χ0) is 24.1. The smallest absolute Gasteiger partial charge is 0.335 e. The summed E-state index contributed by atoms with van der Waals surface area (Å²) in [6.45, 7) is 5.69. The molecule has 4 aliphatic rings. The highest BCUT2D eigenvalue weighted by Gasteiger charge is 2.67. The van der Waals surface area contributed by atoms with E-state index < -0.39 is 5.60 Å². The molecule has 1 aromatic heterocycles. The molecule has 5 rings (SSSR count). The molecule has 7 nitrogen and oxygen atoms in total. The topological polar surface area (TPSA) is 118 Å². The Morgan fingerprint density at radius 3 is 2.68 bits per heavy atom. The predicted molar refractivity (Wildman–Crippen MR) is 130 cm³/mol. The third kappa shape index (κ3) is 3.62. The van der Waals surface area contributed by atoms with Crippen LogP contribution >= 0.6 is 0 Å². The van der Waals surface area contributed by atoms with Crippen LogP contribution in [0.1, 0.15) is 83.1 Å². The first-order valence-corrected chi connectivity index (χ1v) is 13.3. The van der Waals surface area contributed by atoms with Gasteiger partial charge in [0, 0.05) is 30.6 Å². The Morgan fingerprint density at radius 2 is 1.94 bits per heavy atom. The van der Waals surface area contributed by atoms with E-state index in [1.807, 2.05) is 6.07 Å². The molecule has 1 aromatic rings. The Kier molecular flexibility index (Phi) is 6.08. The number of nitrogens with two attached hydrogens (primary N) is 1. The van der Waals surface area contributed by atoms with Gasteiger partial charge in [-0.05, 0) is 98.5 Å². The highest BCUT2D eigenvalue weighted by molar-refractivity contribution is 5.74. The standard InChI is InChI=1S/C27H41N3O4/c1-25-10-7-19(30-24(32)29-14-13-28)15-18(25)4-5-22-21(25)8-11-26(2)20(9-12-27(22,26)33)17-3-6-23(31)34-16-17/h3,6,16,18-22,33H,4-5,7-15,28H2,1-2H3,(H2,29,30,32)/t18-,19-,20+,21-,22+,25-,26+,27-/m0/s1. The number of aliphatic hydroxyl groups is 1. The molecule has 4 saturated carbocycles. The summed E-state index contributed by atoms with van der Waals surface area (Å²) in [5, 5.41) is 18.3. The zero-order valence-electron chi connectivity index (χ0n) is 20.6. The Balaban J connectivity index is 1.33. The fraction of sp³-hybridized carbons (Fsp3) is 0.778. The van der Waals surface area contributed by atoms with Crippen LogP contribution in [0.15, 0.2) is 27.6 Å². The Bertz CT molecular complexity index is 960. The molecular weight excluding hydrogens is 430 g/mol. The zero-order valence-corrected chi connectivity index (χ0v) is 20.6. The van der Waals surface area contributed by atoms with E-state index in [1.54, 1.807) is 6.26 Å². The lowest BCUT2D eigenvalue weighted by molar-refractivity contribution is -0.201. The molecule has 7 heteroatoms. The maximum absolute atomic E-state index is 12.3. The predicted octanol–water partition coefficient (Wildman–Crippen LogP) is 3.51. The van der Waals surface area contributed by atoms with Crippen molar-refractivity contribution in [1.29, 1.82) is 0 Å². The molecule has 0 spiro atoms. The van der Waals surface area contributed by atoms with E-state index in [0.29, 0.717) is 30.8 Å². The van der Waals surface area contributed by atoms with Gasteiger partial charge in [0.05, 0.1) is 11.9 Å². The summed E-state index contributed by atoms with van der Waals surface area (Å²) in [6.07, 6.45) is 10.8. The lowest BCUT2D eigenvalue weighted by Gasteiger charge is -2.63. The average molecular weight is 472 g/mol. The molecule has 1 heterocycles. The number of hydrogen-bond donors (Lipinski definition) is 4. The van der Waals surface area contributed by atoms with E-state index in [1.165, 1.54) is 6.07 Å². The highest BCUT2D eigenvalue weighted by Crippen LogP contribution is 2.70. The second kappa shape index (κ2) is 8.66. The van der Waals surface area contributed by atoms with Gasteiger partial charge in [-0.15, -0.1) is 0 Å². The first kappa shape index (κ1) is 23.9. The molecule has 2 amide bonds. The maximum Gasteiger partial charge on any atom is 0.335 e. The summed E-state index contributed by atoms with van der Waals surface area (Å²) in [5.41, 5.74) is 5.57. The molecule has 4 fully saturated rings. The van der Waals surface area contributed by atoms with Crippen LogP contribution in [0.3, 0.4) is 0 Å². The van der Waals surface area contributed by atoms with Gasteiger partial charge in [-0.25, -0.2) is 9.59 Å². The summed E-state index contributed by atoms with van der Waals surface area (Å²) >= 11 is 0. The monoisotopic (exact) mass is 471 g/mol. The summed E-state index contributed by atoms with van der Waals surface area (Å²) in [4.78, 5) is 23.7. The van der Waals surface area contributed by atoms with E-state index in [4.69, 9.17) is 10.2 Å². The van der Waals surface area contributed by atoms with Crippen molar-refractivity contribution in [2.45, 2.75) is 89.2 Å². The molecule has 0 bridgehead atoms. The lowest BCUT2D eigenvalue weighted by atomic mass is 9.43. The van der Waals surface area contributed by atoms with Crippen LogP contribution in [0.25, 0.3) is 0 Å². The lowest BCUT2D eigenvalue weighted by Crippen LogP contribution is -2.62.